The normalized spacial score (nSPS) is 23.4. The molecule has 2 atom stereocenters. The van der Waals surface area contributed by atoms with Gasteiger partial charge < -0.3 is 11.1 Å². The van der Waals surface area contributed by atoms with Gasteiger partial charge in [0.2, 0.25) is 5.91 Å². The highest BCUT2D eigenvalue weighted by molar-refractivity contribution is 8.06. The van der Waals surface area contributed by atoms with Gasteiger partial charge in [0, 0.05) is 29.1 Å². The van der Waals surface area contributed by atoms with Crippen molar-refractivity contribution in [3.8, 4) is 0 Å². The van der Waals surface area contributed by atoms with Crippen molar-refractivity contribution in [2.45, 2.75) is 18.2 Å². The van der Waals surface area contributed by atoms with Crippen molar-refractivity contribution in [3.05, 3.63) is 0 Å². The van der Waals surface area contributed by atoms with Crippen molar-refractivity contribution in [3.63, 3.8) is 0 Å². The van der Waals surface area contributed by atoms with Crippen LogP contribution in [-0.4, -0.2) is 41.0 Å². The highest BCUT2D eigenvalue weighted by Gasteiger charge is 2.15. The minimum atomic E-state index is -0.388. The fourth-order valence-electron chi connectivity index (χ4n) is 1.03. The van der Waals surface area contributed by atoms with E-state index < -0.39 is 0 Å². The largest absolute Gasteiger partial charge is 0.354 e. The molecule has 6 heteroatoms. The smallest absolute Gasteiger partial charge is 0.236 e. The zero-order valence-electron chi connectivity index (χ0n) is 8.19. The van der Waals surface area contributed by atoms with E-state index >= 15 is 0 Å². The van der Waals surface area contributed by atoms with Crippen molar-refractivity contribution in [2.75, 3.05) is 23.8 Å². The lowest BCUT2D eigenvalue weighted by atomic mass is 10.3. The number of carbonyl (C=O) groups excluding carboxylic acids is 1. The van der Waals surface area contributed by atoms with Crippen LogP contribution >= 0.6 is 35.9 Å². The molecule has 1 aliphatic rings. The molecule has 1 unspecified atom stereocenters. The molecule has 1 amide bonds. The predicted molar refractivity (Wildman–Crippen MR) is 67.5 cm³/mol. The molecule has 14 heavy (non-hydrogen) atoms. The van der Waals surface area contributed by atoms with Crippen molar-refractivity contribution in [2.24, 2.45) is 5.73 Å². The third-order valence-electron chi connectivity index (χ3n) is 1.80. The summed E-state index contributed by atoms with van der Waals surface area (Å²) in [5.74, 6) is 3.53. The summed E-state index contributed by atoms with van der Waals surface area (Å²) in [6, 6.07) is -0.388. The summed E-state index contributed by atoms with van der Waals surface area (Å²) in [6.45, 7) is 2.47. The Morgan fingerprint density at radius 1 is 1.64 bits per heavy atom. The molecular weight excluding hydrogens is 240 g/mol. The maximum Gasteiger partial charge on any atom is 0.236 e. The van der Waals surface area contributed by atoms with Gasteiger partial charge >= 0.3 is 0 Å². The summed E-state index contributed by atoms with van der Waals surface area (Å²) in [6.07, 6.45) is 0. The van der Waals surface area contributed by atoms with Gasteiger partial charge in [0.15, 0.2) is 0 Å². The van der Waals surface area contributed by atoms with E-state index in [-0.39, 0.29) is 24.4 Å². The Bertz CT molecular complexity index is 175. The van der Waals surface area contributed by atoms with Crippen LogP contribution in [0.15, 0.2) is 0 Å². The van der Waals surface area contributed by atoms with E-state index in [0.29, 0.717) is 5.25 Å². The average Bonchev–Trinajstić information content (AvgIpc) is 2.15. The van der Waals surface area contributed by atoms with Crippen LogP contribution in [0.5, 0.6) is 0 Å². The molecule has 0 aromatic rings. The van der Waals surface area contributed by atoms with Crippen molar-refractivity contribution >= 4 is 41.8 Å². The second-order valence-electron chi connectivity index (χ2n) is 3.10. The molecule has 0 aromatic heterocycles. The van der Waals surface area contributed by atoms with Crippen LogP contribution in [0, 0.1) is 0 Å². The lowest BCUT2D eigenvalue weighted by molar-refractivity contribution is -0.121. The van der Waals surface area contributed by atoms with Gasteiger partial charge in [-0.2, -0.15) is 23.5 Å². The van der Waals surface area contributed by atoms with Gasteiger partial charge in [-0.1, -0.05) is 0 Å². The topological polar surface area (TPSA) is 55.1 Å². The number of hydrogen-bond acceptors (Lipinski definition) is 4. The van der Waals surface area contributed by atoms with Crippen LogP contribution in [-0.2, 0) is 4.79 Å². The van der Waals surface area contributed by atoms with E-state index in [1.165, 1.54) is 11.5 Å². The Balaban J connectivity index is 0.00000169. The molecule has 0 bridgehead atoms. The molecule has 0 aliphatic carbocycles. The number of thioether (sulfide) groups is 2. The molecule has 84 valence electrons. The van der Waals surface area contributed by atoms with Crippen molar-refractivity contribution in [1.82, 2.24) is 5.32 Å². The summed E-state index contributed by atoms with van der Waals surface area (Å²) < 4.78 is 0. The van der Waals surface area contributed by atoms with Crippen molar-refractivity contribution in [1.29, 1.82) is 0 Å². The fraction of sp³-hybridized carbons (Fsp3) is 0.875. The Morgan fingerprint density at radius 3 is 2.86 bits per heavy atom. The minimum Gasteiger partial charge on any atom is -0.354 e. The van der Waals surface area contributed by atoms with E-state index in [0.717, 1.165) is 12.3 Å². The molecule has 1 rings (SSSR count). The maximum atomic E-state index is 11.1. The van der Waals surface area contributed by atoms with Crippen LogP contribution in [0.2, 0.25) is 0 Å². The highest BCUT2D eigenvalue weighted by Crippen LogP contribution is 2.23. The number of rotatable bonds is 3. The van der Waals surface area contributed by atoms with Gasteiger partial charge in [-0.05, 0) is 6.92 Å². The first-order valence-electron chi connectivity index (χ1n) is 4.43. The molecule has 0 radical (unpaired) electrons. The quantitative estimate of drug-likeness (QED) is 0.782. The SMILES string of the molecule is C[C@@H](N)C(=O)NCC1CSCCS1.Cl. The summed E-state index contributed by atoms with van der Waals surface area (Å²) in [5.41, 5.74) is 5.43. The third-order valence-corrected chi connectivity index (χ3v) is 4.65. The molecule has 1 aliphatic heterocycles. The molecule has 0 aromatic carbocycles. The Morgan fingerprint density at radius 2 is 2.36 bits per heavy atom. The predicted octanol–water partition coefficient (Wildman–Crippen LogP) is 0.720. The fourth-order valence-corrected chi connectivity index (χ4v) is 3.64. The zero-order valence-corrected chi connectivity index (χ0v) is 10.6. The Labute approximate surface area is 99.7 Å². The van der Waals surface area contributed by atoms with Gasteiger partial charge in [-0.15, -0.1) is 12.4 Å². The second kappa shape index (κ2) is 7.68. The molecule has 1 heterocycles. The number of nitrogens with two attached hydrogens (primary N) is 1. The average molecular weight is 257 g/mol. The lowest BCUT2D eigenvalue weighted by Gasteiger charge is -2.21. The van der Waals surface area contributed by atoms with Gasteiger partial charge in [0.1, 0.15) is 0 Å². The van der Waals surface area contributed by atoms with E-state index in [9.17, 15) is 4.79 Å². The van der Waals surface area contributed by atoms with E-state index in [2.05, 4.69) is 5.32 Å². The molecular formula is C8H17ClN2OS2. The Hall–Kier alpha value is 0.420. The maximum absolute atomic E-state index is 11.1. The van der Waals surface area contributed by atoms with Gasteiger partial charge in [0.05, 0.1) is 6.04 Å². The summed E-state index contributed by atoms with van der Waals surface area (Å²) in [4.78, 5) is 11.1. The van der Waals surface area contributed by atoms with Crippen LogP contribution < -0.4 is 11.1 Å². The summed E-state index contributed by atoms with van der Waals surface area (Å²) >= 11 is 3.90. The van der Waals surface area contributed by atoms with Gasteiger partial charge in [-0.25, -0.2) is 0 Å². The first kappa shape index (κ1) is 14.4. The van der Waals surface area contributed by atoms with Crippen molar-refractivity contribution < 1.29 is 4.79 Å². The number of amides is 1. The Kier molecular flexibility index (Phi) is 7.91. The molecule has 3 nitrogen and oxygen atoms in total. The highest BCUT2D eigenvalue weighted by atomic mass is 35.5. The number of nitrogens with one attached hydrogen (secondary N) is 1. The van der Waals surface area contributed by atoms with E-state index in [1.54, 1.807) is 6.92 Å². The number of halogens is 1. The molecule has 0 spiro atoms. The van der Waals surface area contributed by atoms with Crippen LogP contribution in [0.1, 0.15) is 6.92 Å². The van der Waals surface area contributed by atoms with Gasteiger partial charge in [0.25, 0.3) is 0 Å². The molecule has 1 fully saturated rings. The first-order chi connectivity index (χ1) is 6.20. The summed E-state index contributed by atoms with van der Waals surface area (Å²) in [7, 11) is 0. The van der Waals surface area contributed by atoms with E-state index in [1.807, 2.05) is 23.5 Å². The van der Waals surface area contributed by atoms with E-state index in [4.69, 9.17) is 5.73 Å². The monoisotopic (exact) mass is 256 g/mol. The summed E-state index contributed by atoms with van der Waals surface area (Å²) in [5, 5.41) is 3.42. The number of hydrogen-bond donors (Lipinski definition) is 2. The molecule has 3 N–H and O–H groups in total. The van der Waals surface area contributed by atoms with Crippen LogP contribution in [0.3, 0.4) is 0 Å². The second-order valence-corrected chi connectivity index (χ2v) is 5.66. The van der Waals surface area contributed by atoms with Crippen LogP contribution in [0.25, 0.3) is 0 Å². The lowest BCUT2D eigenvalue weighted by Crippen LogP contribution is -2.42. The molecule has 1 saturated heterocycles. The van der Waals surface area contributed by atoms with Gasteiger partial charge in [-0.3, -0.25) is 4.79 Å². The van der Waals surface area contributed by atoms with Crippen LogP contribution in [0.4, 0.5) is 0 Å². The standard InChI is InChI=1S/C8H16N2OS2.ClH/c1-6(9)8(11)10-4-7-5-12-2-3-13-7;/h6-7H,2-5,9H2,1H3,(H,10,11);1H/t6-,7?;/m1./s1. The molecule has 0 saturated carbocycles. The third kappa shape index (κ3) is 5.34. The zero-order chi connectivity index (χ0) is 9.68. The minimum absolute atomic E-state index is 0. The number of carbonyl (C=O) groups is 1. The first-order valence-corrected chi connectivity index (χ1v) is 6.63.